The van der Waals surface area contributed by atoms with Crippen molar-refractivity contribution < 1.29 is 4.79 Å². The molecule has 0 radical (unpaired) electrons. The van der Waals surface area contributed by atoms with E-state index < -0.39 is 17.2 Å². The largest absolute Gasteiger partial charge is 0.340 e. The zero-order valence-electron chi connectivity index (χ0n) is 12.6. The average Bonchev–Trinajstić information content (AvgIpc) is 2.86. The molecular formula is C15H15N5O3. The molecule has 0 atom stereocenters. The highest BCUT2D eigenvalue weighted by Gasteiger charge is 2.15. The summed E-state index contributed by atoms with van der Waals surface area (Å²) in [6, 6.07) is 6.90. The summed E-state index contributed by atoms with van der Waals surface area (Å²) in [7, 11) is 1.57. The van der Waals surface area contributed by atoms with Crippen LogP contribution in [0.5, 0.6) is 0 Å². The zero-order valence-corrected chi connectivity index (χ0v) is 12.6. The Balaban J connectivity index is 1.84. The summed E-state index contributed by atoms with van der Waals surface area (Å²) in [4.78, 5) is 48.1. The van der Waals surface area contributed by atoms with Gasteiger partial charge in [0.2, 0.25) is 0 Å². The SMILES string of the molecule is Cc1ccc2nc(CN(C)C(=O)c3cc(=O)[nH]c(=O)[nH]3)[nH]c2c1. The summed E-state index contributed by atoms with van der Waals surface area (Å²) >= 11 is 0. The van der Waals surface area contributed by atoms with Crippen LogP contribution < -0.4 is 11.2 Å². The highest BCUT2D eigenvalue weighted by molar-refractivity contribution is 5.91. The van der Waals surface area contributed by atoms with Crippen LogP contribution >= 0.6 is 0 Å². The van der Waals surface area contributed by atoms with E-state index in [4.69, 9.17) is 0 Å². The molecule has 8 nitrogen and oxygen atoms in total. The minimum atomic E-state index is -0.714. The van der Waals surface area contributed by atoms with Crippen LogP contribution in [0.2, 0.25) is 0 Å². The number of hydrogen-bond acceptors (Lipinski definition) is 4. The van der Waals surface area contributed by atoms with Crippen molar-refractivity contribution in [1.29, 1.82) is 0 Å². The smallest absolute Gasteiger partial charge is 0.326 e. The maximum absolute atomic E-state index is 12.3. The molecule has 2 heterocycles. The maximum atomic E-state index is 12.3. The van der Waals surface area contributed by atoms with Gasteiger partial charge in [0.15, 0.2) is 0 Å². The molecule has 2 aromatic heterocycles. The van der Waals surface area contributed by atoms with Crippen molar-refractivity contribution in [2.75, 3.05) is 7.05 Å². The van der Waals surface area contributed by atoms with Crippen molar-refractivity contribution in [3.63, 3.8) is 0 Å². The van der Waals surface area contributed by atoms with E-state index in [0.717, 1.165) is 22.7 Å². The van der Waals surface area contributed by atoms with Gasteiger partial charge in [-0.25, -0.2) is 9.78 Å². The Bertz CT molecular complexity index is 970. The van der Waals surface area contributed by atoms with Crippen LogP contribution in [0, 0.1) is 6.92 Å². The number of aromatic amines is 3. The fourth-order valence-corrected chi connectivity index (χ4v) is 2.34. The lowest BCUT2D eigenvalue weighted by molar-refractivity contribution is 0.0775. The highest BCUT2D eigenvalue weighted by atomic mass is 16.2. The molecule has 0 aliphatic rings. The Morgan fingerprint density at radius 1 is 1.17 bits per heavy atom. The van der Waals surface area contributed by atoms with E-state index in [1.54, 1.807) is 7.05 Å². The van der Waals surface area contributed by atoms with Crippen LogP contribution in [-0.4, -0.2) is 37.8 Å². The van der Waals surface area contributed by atoms with Crippen LogP contribution in [-0.2, 0) is 6.54 Å². The van der Waals surface area contributed by atoms with Gasteiger partial charge in [0.1, 0.15) is 11.5 Å². The normalized spacial score (nSPS) is 10.9. The molecule has 23 heavy (non-hydrogen) atoms. The van der Waals surface area contributed by atoms with E-state index >= 15 is 0 Å². The second-order valence-corrected chi connectivity index (χ2v) is 5.37. The minimum absolute atomic E-state index is 0.0618. The first-order valence-electron chi connectivity index (χ1n) is 6.97. The van der Waals surface area contributed by atoms with Crippen LogP contribution in [0.4, 0.5) is 0 Å². The number of rotatable bonds is 3. The molecule has 0 saturated carbocycles. The topological polar surface area (TPSA) is 115 Å². The second kappa shape index (κ2) is 5.56. The molecule has 3 rings (SSSR count). The van der Waals surface area contributed by atoms with Gasteiger partial charge < -0.3 is 14.9 Å². The molecule has 0 aliphatic carbocycles. The monoisotopic (exact) mass is 313 g/mol. The van der Waals surface area contributed by atoms with Crippen molar-refractivity contribution >= 4 is 16.9 Å². The van der Waals surface area contributed by atoms with E-state index in [1.165, 1.54) is 4.90 Å². The van der Waals surface area contributed by atoms with Crippen molar-refractivity contribution in [1.82, 2.24) is 24.8 Å². The van der Waals surface area contributed by atoms with E-state index in [9.17, 15) is 14.4 Å². The molecule has 1 amide bonds. The Labute approximate surface area is 130 Å². The van der Waals surface area contributed by atoms with Gasteiger partial charge >= 0.3 is 5.69 Å². The standard InChI is InChI=1S/C15H15N5O3/c1-8-3-4-9-10(5-8)17-12(16-9)7-20(2)14(22)11-6-13(21)19-15(23)18-11/h3-6H,7H2,1-2H3,(H,16,17)(H2,18,19,21,23). The summed E-state index contributed by atoms with van der Waals surface area (Å²) in [6.45, 7) is 2.21. The number of benzene rings is 1. The fraction of sp³-hybridized carbons (Fsp3) is 0.200. The van der Waals surface area contributed by atoms with Gasteiger partial charge in [0.25, 0.3) is 11.5 Å². The van der Waals surface area contributed by atoms with Gasteiger partial charge in [0, 0.05) is 13.1 Å². The van der Waals surface area contributed by atoms with Gasteiger partial charge in [-0.3, -0.25) is 14.6 Å². The number of hydrogen-bond donors (Lipinski definition) is 3. The molecular weight excluding hydrogens is 298 g/mol. The fourth-order valence-electron chi connectivity index (χ4n) is 2.34. The van der Waals surface area contributed by atoms with E-state index in [1.807, 2.05) is 30.1 Å². The van der Waals surface area contributed by atoms with Gasteiger partial charge in [-0.1, -0.05) is 6.07 Å². The Morgan fingerprint density at radius 2 is 1.96 bits per heavy atom. The summed E-state index contributed by atoms with van der Waals surface area (Å²) in [5.74, 6) is 0.151. The van der Waals surface area contributed by atoms with E-state index in [2.05, 4.69) is 15.0 Å². The van der Waals surface area contributed by atoms with Gasteiger partial charge in [-0.2, -0.15) is 0 Å². The number of carbonyl (C=O) groups excluding carboxylic acids is 1. The predicted octanol–water partition coefficient (Wildman–Crippen LogP) is 0.520. The first-order valence-corrected chi connectivity index (χ1v) is 6.97. The lowest BCUT2D eigenvalue weighted by atomic mass is 10.2. The molecule has 0 fully saturated rings. The Hall–Kier alpha value is -3.16. The van der Waals surface area contributed by atoms with Crippen molar-refractivity contribution in [3.05, 3.63) is 62.2 Å². The molecule has 1 aromatic carbocycles. The number of amides is 1. The average molecular weight is 313 g/mol. The molecule has 3 N–H and O–H groups in total. The summed E-state index contributed by atoms with van der Waals surface area (Å²) in [5, 5.41) is 0. The van der Waals surface area contributed by atoms with Gasteiger partial charge in [-0.15, -0.1) is 0 Å². The van der Waals surface area contributed by atoms with Gasteiger partial charge in [-0.05, 0) is 24.6 Å². The highest BCUT2D eigenvalue weighted by Crippen LogP contribution is 2.14. The third-order valence-corrected chi connectivity index (χ3v) is 3.41. The van der Waals surface area contributed by atoms with E-state index in [-0.39, 0.29) is 12.2 Å². The lowest BCUT2D eigenvalue weighted by Crippen LogP contribution is -2.32. The quantitative estimate of drug-likeness (QED) is 0.654. The van der Waals surface area contributed by atoms with Crippen molar-refractivity contribution in [2.24, 2.45) is 0 Å². The van der Waals surface area contributed by atoms with Crippen LogP contribution in [0.15, 0.2) is 33.9 Å². The number of fused-ring (bicyclic) bond motifs is 1. The van der Waals surface area contributed by atoms with Crippen LogP contribution in [0.1, 0.15) is 21.9 Å². The maximum Gasteiger partial charge on any atom is 0.326 e. The molecule has 8 heteroatoms. The first kappa shape index (κ1) is 14.8. The van der Waals surface area contributed by atoms with Crippen molar-refractivity contribution in [3.8, 4) is 0 Å². The molecule has 0 saturated heterocycles. The number of aromatic nitrogens is 4. The number of nitrogens with zero attached hydrogens (tertiary/aromatic N) is 2. The molecule has 0 unspecified atom stereocenters. The molecule has 0 aliphatic heterocycles. The second-order valence-electron chi connectivity index (χ2n) is 5.37. The first-order chi connectivity index (χ1) is 10.9. The summed E-state index contributed by atoms with van der Waals surface area (Å²) in [6.07, 6.45) is 0. The van der Waals surface area contributed by atoms with Gasteiger partial charge in [0.05, 0.1) is 17.6 Å². The molecule has 118 valence electrons. The Kier molecular flexibility index (Phi) is 3.57. The minimum Gasteiger partial charge on any atom is -0.340 e. The third-order valence-electron chi connectivity index (χ3n) is 3.41. The van der Waals surface area contributed by atoms with Crippen molar-refractivity contribution in [2.45, 2.75) is 13.5 Å². The third kappa shape index (κ3) is 3.05. The van der Waals surface area contributed by atoms with Crippen LogP contribution in [0.3, 0.4) is 0 Å². The summed E-state index contributed by atoms with van der Waals surface area (Å²) < 4.78 is 0. The zero-order chi connectivity index (χ0) is 16.6. The molecule has 0 spiro atoms. The Morgan fingerprint density at radius 3 is 2.70 bits per heavy atom. The molecule has 0 bridgehead atoms. The summed E-state index contributed by atoms with van der Waals surface area (Å²) in [5.41, 5.74) is 1.42. The van der Waals surface area contributed by atoms with E-state index in [0.29, 0.717) is 5.82 Å². The van der Waals surface area contributed by atoms with Crippen LogP contribution in [0.25, 0.3) is 11.0 Å². The lowest BCUT2D eigenvalue weighted by Gasteiger charge is -2.15. The number of nitrogens with one attached hydrogen (secondary N) is 3. The predicted molar refractivity (Wildman–Crippen MR) is 84.3 cm³/mol. The number of aryl methyl sites for hydroxylation is 1. The molecule has 3 aromatic rings. The number of imidazole rings is 1. The number of carbonyl (C=O) groups is 1. The number of H-pyrrole nitrogens is 3.